The number of nitrogens with one attached hydrogen (secondary N) is 1. The molecular weight excluding hydrogens is 230 g/mol. The predicted octanol–water partition coefficient (Wildman–Crippen LogP) is -0.592. The number of hydrogen-bond donors (Lipinski definition) is 2. The summed E-state index contributed by atoms with van der Waals surface area (Å²) in [6.45, 7) is 3.91. The van der Waals surface area contributed by atoms with Crippen LogP contribution in [0.5, 0.6) is 0 Å². The minimum absolute atomic E-state index is 0.198. The molecule has 1 heterocycles. The van der Waals surface area contributed by atoms with Gasteiger partial charge in [-0.25, -0.2) is 8.42 Å². The Bertz CT molecular complexity index is 291. The van der Waals surface area contributed by atoms with E-state index in [1.807, 2.05) is 6.92 Å². The molecule has 96 valence electrons. The summed E-state index contributed by atoms with van der Waals surface area (Å²) in [5, 5.41) is 12.5. The molecule has 0 aromatic rings. The zero-order valence-electron chi connectivity index (χ0n) is 9.68. The monoisotopic (exact) mass is 251 g/mol. The van der Waals surface area contributed by atoms with Crippen molar-refractivity contribution in [1.29, 1.82) is 0 Å². The lowest BCUT2D eigenvalue weighted by atomic mass is 10.1. The van der Waals surface area contributed by atoms with Gasteiger partial charge in [-0.15, -0.1) is 0 Å². The molecule has 6 heteroatoms. The van der Waals surface area contributed by atoms with Crippen LogP contribution in [0, 0.1) is 5.92 Å². The van der Waals surface area contributed by atoms with Gasteiger partial charge >= 0.3 is 0 Å². The second kappa shape index (κ2) is 6.54. The van der Waals surface area contributed by atoms with Crippen molar-refractivity contribution in [1.82, 2.24) is 5.32 Å². The zero-order chi connectivity index (χ0) is 12.0. The molecule has 0 aromatic carbocycles. The van der Waals surface area contributed by atoms with E-state index in [1.165, 1.54) is 0 Å². The van der Waals surface area contributed by atoms with Crippen LogP contribution in [-0.2, 0) is 14.6 Å². The lowest BCUT2D eigenvalue weighted by Gasteiger charge is -2.13. The Morgan fingerprint density at radius 3 is 2.88 bits per heavy atom. The second-order valence-electron chi connectivity index (χ2n) is 4.24. The molecule has 0 amide bonds. The van der Waals surface area contributed by atoms with Crippen LogP contribution in [0.15, 0.2) is 0 Å². The molecule has 0 aromatic heterocycles. The van der Waals surface area contributed by atoms with Crippen molar-refractivity contribution < 1.29 is 18.3 Å². The highest BCUT2D eigenvalue weighted by Gasteiger charge is 2.27. The summed E-state index contributed by atoms with van der Waals surface area (Å²) in [5.74, 6) is 0.784. The van der Waals surface area contributed by atoms with Crippen molar-refractivity contribution in [2.75, 3.05) is 37.8 Å². The van der Waals surface area contributed by atoms with Gasteiger partial charge in [0.2, 0.25) is 0 Å². The lowest BCUT2D eigenvalue weighted by molar-refractivity contribution is 0.0425. The summed E-state index contributed by atoms with van der Waals surface area (Å²) < 4.78 is 27.4. The number of rotatable bonds is 7. The summed E-state index contributed by atoms with van der Waals surface area (Å²) in [5.41, 5.74) is 0. The largest absolute Gasteiger partial charge is 0.389 e. The predicted molar refractivity (Wildman–Crippen MR) is 62.1 cm³/mol. The van der Waals surface area contributed by atoms with Gasteiger partial charge in [0.15, 0.2) is 9.84 Å². The minimum atomic E-state index is -2.79. The van der Waals surface area contributed by atoms with Crippen LogP contribution in [-0.4, -0.2) is 57.4 Å². The van der Waals surface area contributed by atoms with E-state index in [9.17, 15) is 13.5 Å². The molecular formula is C10H21NO4S. The van der Waals surface area contributed by atoms with Crippen molar-refractivity contribution in [3.8, 4) is 0 Å². The minimum Gasteiger partial charge on any atom is -0.389 e. The number of ether oxygens (including phenoxy) is 1. The highest BCUT2D eigenvalue weighted by atomic mass is 32.2. The Hall–Kier alpha value is -0.170. The first-order valence-corrected chi connectivity index (χ1v) is 7.52. The Kier molecular flexibility index (Phi) is 5.68. The van der Waals surface area contributed by atoms with Gasteiger partial charge in [0, 0.05) is 13.2 Å². The number of hydrogen-bond acceptors (Lipinski definition) is 5. The first-order chi connectivity index (χ1) is 7.53. The second-order valence-corrected chi connectivity index (χ2v) is 6.47. The van der Waals surface area contributed by atoms with Gasteiger partial charge < -0.3 is 15.2 Å². The molecule has 1 aliphatic heterocycles. The van der Waals surface area contributed by atoms with Crippen molar-refractivity contribution in [3.05, 3.63) is 0 Å². The summed E-state index contributed by atoms with van der Waals surface area (Å²) in [4.78, 5) is 0. The molecule has 5 nitrogen and oxygen atoms in total. The molecule has 0 saturated carbocycles. The highest BCUT2D eigenvalue weighted by Crippen LogP contribution is 2.17. The topological polar surface area (TPSA) is 75.6 Å². The van der Waals surface area contributed by atoms with E-state index in [4.69, 9.17) is 4.74 Å². The molecule has 1 saturated heterocycles. The highest BCUT2D eigenvalue weighted by molar-refractivity contribution is 7.91. The maximum Gasteiger partial charge on any atom is 0.150 e. The standard InChI is InChI=1S/C10H21NO4S/c1-2-15-7-10(12)6-11-5-9-3-4-16(13,14)8-9/h9-12H,2-8H2,1H3. The SMILES string of the molecule is CCOCC(O)CNCC1CCS(=O)(=O)C1. The van der Waals surface area contributed by atoms with E-state index in [2.05, 4.69) is 5.32 Å². The number of aliphatic hydroxyl groups is 1. The molecule has 0 spiro atoms. The van der Waals surface area contributed by atoms with Crippen LogP contribution in [0.25, 0.3) is 0 Å². The number of sulfone groups is 1. The van der Waals surface area contributed by atoms with Crippen LogP contribution >= 0.6 is 0 Å². The van der Waals surface area contributed by atoms with Gasteiger partial charge in [0.1, 0.15) is 0 Å². The molecule has 2 atom stereocenters. The van der Waals surface area contributed by atoms with E-state index in [0.717, 1.165) is 6.42 Å². The molecule has 0 radical (unpaired) electrons. The Balaban J connectivity index is 2.08. The molecule has 1 fully saturated rings. The molecule has 0 aliphatic carbocycles. The van der Waals surface area contributed by atoms with Crippen molar-refractivity contribution in [2.24, 2.45) is 5.92 Å². The van der Waals surface area contributed by atoms with Crippen LogP contribution in [0.4, 0.5) is 0 Å². The van der Waals surface area contributed by atoms with Crippen molar-refractivity contribution >= 4 is 9.84 Å². The average molecular weight is 251 g/mol. The quantitative estimate of drug-likeness (QED) is 0.632. The van der Waals surface area contributed by atoms with Crippen LogP contribution < -0.4 is 5.32 Å². The first kappa shape index (κ1) is 13.9. The molecule has 0 bridgehead atoms. The summed E-state index contributed by atoms with van der Waals surface area (Å²) in [7, 11) is -2.79. The summed E-state index contributed by atoms with van der Waals surface area (Å²) in [6.07, 6.45) is 0.217. The third-order valence-electron chi connectivity index (χ3n) is 2.65. The fraction of sp³-hybridized carbons (Fsp3) is 1.00. The molecule has 16 heavy (non-hydrogen) atoms. The van der Waals surface area contributed by atoms with Gasteiger partial charge in [-0.3, -0.25) is 0 Å². The van der Waals surface area contributed by atoms with Crippen LogP contribution in [0.2, 0.25) is 0 Å². The van der Waals surface area contributed by atoms with Gasteiger partial charge in [0.25, 0.3) is 0 Å². The van der Waals surface area contributed by atoms with Crippen molar-refractivity contribution in [3.63, 3.8) is 0 Å². The molecule has 2 unspecified atom stereocenters. The normalized spacial score (nSPS) is 25.8. The molecule has 1 aliphatic rings. The van der Waals surface area contributed by atoms with E-state index >= 15 is 0 Å². The van der Waals surface area contributed by atoms with Gasteiger partial charge in [-0.05, 0) is 25.8 Å². The molecule has 2 N–H and O–H groups in total. The van der Waals surface area contributed by atoms with Gasteiger partial charge in [0.05, 0.1) is 24.2 Å². The third-order valence-corrected chi connectivity index (χ3v) is 4.49. The maximum absolute atomic E-state index is 11.2. The summed E-state index contributed by atoms with van der Waals surface area (Å²) in [6, 6.07) is 0. The third kappa shape index (κ3) is 5.25. The zero-order valence-corrected chi connectivity index (χ0v) is 10.5. The Morgan fingerprint density at radius 1 is 1.56 bits per heavy atom. The fourth-order valence-electron chi connectivity index (χ4n) is 1.80. The van der Waals surface area contributed by atoms with Crippen LogP contribution in [0.3, 0.4) is 0 Å². The van der Waals surface area contributed by atoms with E-state index in [1.54, 1.807) is 0 Å². The van der Waals surface area contributed by atoms with Crippen LogP contribution in [0.1, 0.15) is 13.3 Å². The van der Waals surface area contributed by atoms with Gasteiger partial charge in [-0.2, -0.15) is 0 Å². The van der Waals surface area contributed by atoms with E-state index in [-0.39, 0.29) is 11.7 Å². The fourth-order valence-corrected chi connectivity index (χ4v) is 3.66. The number of aliphatic hydroxyl groups excluding tert-OH is 1. The van der Waals surface area contributed by atoms with Gasteiger partial charge in [-0.1, -0.05) is 0 Å². The van der Waals surface area contributed by atoms with Crippen molar-refractivity contribution in [2.45, 2.75) is 19.4 Å². The maximum atomic E-state index is 11.2. The van der Waals surface area contributed by atoms with E-state index in [0.29, 0.717) is 32.1 Å². The van der Waals surface area contributed by atoms with E-state index < -0.39 is 15.9 Å². The molecule has 1 rings (SSSR count). The first-order valence-electron chi connectivity index (χ1n) is 5.70. The Labute approximate surface area is 97.1 Å². The Morgan fingerprint density at radius 2 is 2.31 bits per heavy atom. The lowest BCUT2D eigenvalue weighted by Crippen LogP contribution is -2.33. The average Bonchev–Trinajstić information content (AvgIpc) is 2.55. The summed E-state index contributed by atoms with van der Waals surface area (Å²) >= 11 is 0. The smallest absolute Gasteiger partial charge is 0.150 e.